The summed E-state index contributed by atoms with van der Waals surface area (Å²) in [6, 6.07) is 0. The minimum Gasteiger partial charge on any atom is -0.462 e. The van der Waals surface area contributed by atoms with Crippen molar-refractivity contribution in [2.24, 2.45) is 0 Å². The number of esters is 2. The monoisotopic (exact) mass is 747 g/mol. The van der Waals surface area contributed by atoms with Gasteiger partial charge in [0.05, 0.1) is 19.8 Å². The van der Waals surface area contributed by atoms with E-state index in [9.17, 15) is 24.2 Å². The maximum atomic E-state index is 12.5. The molecule has 0 aliphatic rings. The number of unbranched alkanes of at least 4 members (excludes halogenated alkanes) is 22. The third kappa shape index (κ3) is 36.6. The van der Waals surface area contributed by atoms with E-state index in [1.807, 2.05) is 6.08 Å². The predicted molar refractivity (Wildman–Crippen MR) is 205 cm³/mol. The Labute approximate surface area is 310 Å². The molecule has 0 aromatic carbocycles. The molecular formula is C40H75O10P. The first-order valence-corrected chi connectivity index (χ1v) is 21.7. The van der Waals surface area contributed by atoms with E-state index in [0.717, 1.165) is 51.4 Å². The van der Waals surface area contributed by atoms with Gasteiger partial charge in [-0.05, 0) is 51.4 Å². The molecule has 0 amide bonds. The second kappa shape index (κ2) is 36.8. The summed E-state index contributed by atoms with van der Waals surface area (Å²) in [5, 5.41) is 18.3. The predicted octanol–water partition coefficient (Wildman–Crippen LogP) is 10.2. The SMILES string of the molecule is C=CCCCCCCCCCCCCCCCC(=O)OC[C@H](COP(=O)(O)OC[C@@H](O)CO)OC(=O)CCCCC/C=C/CCCCCCCC. The summed E-state index contributed by atoms with van der Waals surface area (Å²) < 4.78 is 32.6. The average Bonchev–Trinajstić information content (AvgIpc) is 3.12. The Balaban J connectivity index is 4.32. The van der Waals surface area contributed by atoms with Crippen molar-refractivity contribution < 1.29 is 47.8 Å². The first-order valence-electron chi connectivity index (χ1n) is 20.3. The summed E-state index contributed by atoms with van der Waals surface area (Å²) in [6.45, 7) is 3.87. The Bertz CT molecular complexity index is 896. The van der Waals surface area contributed by atoms with E-state index < -0.39 is 51.8 Å². The van der Waals surface area contributed by atoms with E-state index in [2.05, 4.69) is 30.2 Å². The van der Waals surface area contributed by atoms with Crippen molar-refractivity contribution in [3.63, 3.8) is 0 Å². The highest BCUT2D eigenvalue weighted by molar-refractivity contribution is 7.47. The van der Waals surface area contributed by atoms with Gasteiger partial charge in [0.25, 0.3) is 0 Å². The van der Waals surface area contributed by atoms with Crippen LogP contribution in [0.1, 0.15) is 180 Å². The molecule has 0 spiro atoms. The number of aliphatic hydroxyl groups is 2. The summed E-state index contributed by atoms with van der Waals surface area (Å²) in [7, 11) is -4.61. The second-order valence-electron chi connectivity index (χ2n) is 13.7. The van der Waals surface area contributed by atoms with Crippen molar-refractivity contribution in [3.05, 3.63) is 24.8 Å². The lowest BCUT2D eigenvalue weighted by molar-refractivity contribution is -0.161. The summed E-state index contributed by atoms with van der Waals surface area (Å²) in [4.78, 5) is 34.9. The van der Waals surface area contributed by atoms with Crippen molar-refractivity contribution in [2.75, 3.05) is 26.4 Å². The minimum absolute atomic E-state index is 0.165. The maximum Gasteiger partial charge on any atom is 0.472 e. The Morgan fingerprint density at radius 1 is 0.627 bits per heavy atom. The number of hydrogen-bond acceptors (Lipinski definition) is 9. The molecule has 0 saturated carbocycles. The van der Waals surface area contributed by atoms with Crippen molar-refractivity contribution >= 4 is 19.8 Å². The lowest BCUT2D eigenvalue weighted by atomic mass is 10.0. The van der Waals surface area contributed by atoms with Crippen molar-refractivity contribution in [3.8, 4) is 0 Å². The fraction of sp³-hybridized carbons (Fsp3) is 0.850. The zero-order valence-corrected chi connectivity index (χ0v) is 33.1. The van der Waals surface area contributed by atoms with Gasteiger partial charge in [0.2, 0.25) is 0 Å². The van der Waals surface area contributed by atoms with E-state index in [1.165, 1.54) is 96.3 Å². The quantitative estimate of drug-likeness (QED) is 0.0240. The van der Waals surface area contributed by atoms with Gasteiger partial charge in [-0.1, -0.05) is 134 Å². The average molecular weight is 747 g/mol. The van der Waals surface area contributed by atoms with Gasteiger partial charge in [-0.25, -0.2) is 4.57 Å². The Hall–Kier alpha value is -1.55. The van der Waals surface area contributed by atoms with E-state index >= 15 is 0 Å². The lowest BCUT2D eigenvalue weighted by Crippen LogP contribution is -2.29. The van der Waals surface area contributed by atoms with E-state index in [4.69, 9.17) is 19.1 Å². The molecule has 0 aromatic heterocycles. The molecule has 0 aliphatic carbocycles. The molecule has 300 valence electrons. The molecule has 3 N–H and O–H groups in total. The maximum absolute atomic E-state index is 12.5. The number of phosphoric ester groups is 1. The summed E-state index contributed by atoms with van der Waals surface area (Å²) in [5.74, 6) is -0.943. The van der Waals surface area contributed by atoms with Crippen LogP contribution in [0.25, 0.3) is 0 Å². The third-order valence-corrected chi connectivity index (χ3v) is 9.68. The van der Waals surface area contributed by atoms with Gasteiger partial charge in [0.15, 0.2) is 6.10 Å². The van der Waals surface area contributed by atoms with Crippen LogP contribution >= 0.6 is 7.82 Å². The molecule has 51 heavy (non-hydrogen) atoms. The number of allylic oxidation sites excluding steroid dienone is 3. The molecule has 0 bridgehead atoms. The molecule has 0 heterocycles. The highest BCUT2D eigenvalue weighted by Crippen LogP contribution is 2.43. The first kappa shape index (κ1) is 49.5. The topological polar surface area (TPSA) is 149 Å². The van der Waals surface area contributed by atoms with Crippen LogP contribution in [-0.2, 0) is 32.7 Å². The van der Waals surface area contributed by atoms with Gasteiger partial charge in [-0.3, -0.25) is 18.6 Å². The molecular weight excluding hydrogens is 671 g/mol. The van der Waals surface area contributed by atoms with Crippen LogP contribution in [0.2, 0.25) is 0 Å². The Kier molecular flexibility index (Phi) is 35.7. The zero-order chi connectivity index (χ0) is 37.7. The molecule has 11 heteroatoms. The van der Waals surface area contributed by atoms with Crippen molar-refractivity contribution in [1.29, 1.82) is 0 Å². The van der Waals surface area contributed by atoms with E-state index in [-0.39, 0.29) is 19.4 Å². The van der Waals surface area contributed by atoms with Crippen LogP contribution < -0.4 is 0 Å². The number of hydrogen-bond donors (Lipinski definition) is 3. The fourth-order valence-electron chi connectivity index (χ4n) is 5.56. The van der Waals surface area contributed by atoms with E-state index in [0.29, 0.717) is 12.8 Å². The van der Waals surface area contributed by atoms with Gasteiger partial charge in [-0.2, -0.15) is 0 Å². The molecule has 0 aromatic rings. The van der Waals surface area contributed by atoms with E-state index in [1.54, 1.807) is 0 Å². The van der Waals surface area contributed by atoms with Gasteiger partial charge < -0.3 is 24.6 Å². The molecule has 0 rings (SSSR count). The number of rotatable bonds is 39. The summed E-state index contributed by atoms with van der Waals surface area (Å²) in [5.41, 5.74) is 0. The van der Waals surface area contributed by atoms with Gasteiger partial charge in [0, 0.05) is 12.8 Å². The van der Waals surface area contributed by atoms with Crippen LogP contribution in [0.4, 0.5) is 0 Å². The van der Waals surface area contributed by atoms with Crippen LogP contribution in [-0.4, -0.2) is 65.7 Å². The highest BCUT2D eigenvalue weighted by Gasteiger charge is 2.27. The summed E-state index contributed by atoms with van der Waals surface area (Å²) >= 11 is 0. The summed E-state index contributed by atoms with van der Waals surface area (Å²) in [6.07, 6.45) is 33.2. The number of carbonyl (C=O) groups excluding carboxylic acids is 2. The number of ether oxygens (including phenoxy) is 2. The van der Waals surface area contributed by atoms with Crippen LogP contribution in [0.15, 0.2) is 24.8 Å². The minimum atomic E-state index is -4.61. The molecule has 3 atom stereocenters. The van der Waals surface area contributed by atoms with Gasteiger partial charge >= 0.3 is 19.8 Å². The largest absolute Gasteiger partial charge is 0.472 e. The number of phosphoric acid groups is 1. The molecule has 10 nitrogen and oxygen atoms in total. The molecule has 1 unspecified atom stereocenters. The van der Waals surface area contributed by atoms with Crippen molar-refractivity contribution in [1.82, 2.24) is 0 Å². The molecule has 0 aliphatic heterocycles. The van der Waals surface area contributed by atoms with Crippen LogP contribution in [0.3, 0.4) is 0 Å². The zero-order valence-electron chi connectivity index (χ0n) is 32.2. The first-order chi connectivity index (χ1) is 24.7. The lowest BCUT2D eigenvalue weighted by Gasteiger charge is -2.20. The Morgan fingerprint density at radius 3 is 1.57 bits per heavy atom. The molecule has 0 saturated heterocycles. The highest BCUT2D eigenvalue weighted by atomic mass is 31.2. The van der Waals surface area contributed by atoms with Crippen LogP contribution in [0.5, 0.6) is 0 Å². The number of aliphatic hydroxyl groups excluding tert-OH is 2. The third-order valence-electron chi connectivity index (χ3n) is 8.72. The molecule has 0 fully saturated rings. The second-order valence-corrected chi connectivity index (χ2v) is 15.2. The Morgan fingerprint density at radius 2 is 1.06 bits per heavy atom. The normalized spacial score (nSPS) is 14.0. The van der Waals surface area contributed by atoms with Crippen LogP contribution in [0, 0.1) is 0 Å². The van der Waals surface area contributed by atoms with Gasteiger partial charge in [0.1, 0.15) is 12.7 Å². The standard InChI is InChI=1S/C40H75O10P/c1-3-5-7-9-11-13-15-17-18-20-21-23-25-27-29-31-39(43)47-35-38(36-49-51(45,46)48-34-37(42)33-41)50-40(44)32-30-28-26-24-22-19-16-14-12-10-8-6-4-2/h3,19,22,37-38,41-42H,1,4-18,20-21,23-36H2,2H3,(H,45,46)/b22-19+/t37-,38+/m0/s1. The smallest absolute Gasteiger partial charge is 0.462 e. The van der Waals surface area contributed by atoms with Gasteiger partial charge in [-0.15, -0.1) is 6.58 Å². The van der Waals surface area contributed by atoms with Crippen molar-refractivity contribution in [2.45, 2.75) is 192 Å². The number of carbonyl (C=O) groups is 2. The molecule has 0 radical (unpaired) electrons. The fourth-order valence-corrected chi connectivity index (χ4v) is 6.35.